The van der Waals surface area contributed by atoms with E-state index in [-0.39, 0.29) is 17.2 Å². The third kappa shape index (κ3) is 2.93. The molecule has 0 saturated heterocycles. The van der Waals surface area contributed by atoms with Crippen LogP contribution in [0, 0.1) is 5.41 Å². The van der Waals surface area contributed by atoms with E-state index in [1.807, 2.05) is 6.92 Å². The Balaban J connectivity index is 1.99. The van der Waals surface area contributed by atoms with E-state index >= 15 is 0 Å². The molecule has 1 fully saturated rings. The molecule has 2 rings (SSSR count). The summed E-state index contributed by atoms with van der Waals surface area (Å²) in [5, 5.41) is 5.57. The van der Waals surface area contributed by atoms with Crippen molar-refractivity contribution in [3.8, 4) is 0 Å². The van der Waals surface area contributed by atoms with Crippen LogP contribution in [0.4, 0.5) is 5.69 Å². The molecule has 102 valence electrons. The topological polar surface area (TPSA) is 84.2 Å². The van der Waals surface area contributed by atoms with Gasteiger partial charge in [-0.15, -0.1) is 0 Å². The summed E-state index contributed by atoms with van der Waals surface area (Å²) in [4.78, 5) is 23.6. The number of carbonyl (C=O) groups excluding carboxylic acids is 2. The largest absolute Gasteiger partial charge is 0.352 e. The van der Waals surface area contributed by atoms with Crippen molar-refractivity contribution in [2.24, 2.45) is 11.1 Å². The fraction of sp³-hybridized carbons (Fsp3) is 0.429. The Bertz CT molecular complexity index is 478. The van der Waals surface area contributed by atoms with Gasteiger partial charge in [0.15, 0.2) is 0 Å². The molecule has 0 radical (unpaired) electrons. The number of carbonyl (C=O) groups is 2. The van der Waals surface area contributed by atoms with E-state index in [9.17, 15) is 9.59 Å². The number of nitrogens with two attached hydrogens (primary N) is 1. The second-order valence-electron chi connectivity index (χ2n) is 4.88. The fourth-order valence-corrected chi connectivity index (χ4v) is 1.91. The predicted octanol–water partition coefficient (Wildman–Crippen LogP) is 1.11. The number of hydrogen-bond donors (Lipinski definition) is 3. The van der Waals surface area contributed by atoms with Crippen LogP contribution in [-0.2, 0) is 4.79 Å². The summed E-state index contributed by atoms with van der Waals surface area (Å²) in [6.45, 7) is 2.85. The van der Waals surface area contributed by atoms with Gasteiger partial charge in [0.25, 0.3) is 5.91 Å². The van der Waals surface area contributed by atoms with Crippen molar-refractivity contribution in [1.29, 1.82) is 0 Å². The zero-order valence-electron chi connectivity index (χ0n) is 11.0. The van der Waals surface area contributed by atoms with E-state index in [1.54, 1.807) is 24.3 Å². The van der Waals surface area contributed by atoms with Crippen LogP contribution in [0.2, 0.25) is 0 Å². The Morgan fingerprint density at radius 3 is 2.37 bits per heavy atom. The predicted molar refractivity (Wildman–Crippen MR) is 73.8 cm³/mol. The molecular weight excluding hydrogens is 242 g/mol. The molecular formula is C14H19N3O2. The number of hydrogen-bond acceptors (Lipinski definition) is 3. The minimum Gasteiger partial charge on any atom is -0.352 e. The van der Waals surface area contributed by atoms with Crippen LogP contribution in [-0.4, -0.2) is 24.9 Å². The van der Waals surface area contributed by atoms with E-state index in [4.69, 9.17) is 5.73 Å². The number of nitrogens with one attached hydrogen (secondary N) is 2. The molecule has 1 aromatic rings. The van der Waals surface area contributed by atoms with Gasteiger partial charge in [-0.05, 0) is 44.0 Å². The first-order valence-corrected chi connectivity index (χ1v) is 6.51. The van der Waals surface area contributed by atoms with Gasteiger partial charge in [0, 0.05) is 24.3 Å². The number of benzene rings is 1. The van der Waals surface area contributed by atoms with Crippen molar-refractivity contribution in [3.05, 3.63) is 29.8 Å². The lowest BCUT2D eigenvalue weighted by Gasteiger charge is -2.13. The van der Waals surface area contributed by atoms with Crippen LogP contribution in [0.25, 0.3) is 0 Å². The first-order valence-electron chi connectivity index (χ1n) is 6.51. The molecule has 19 heavy (non-hydrogen) atoms. The summed E-state index contributed by atoms with van der Waals surface area (Å²) in [6, 6.07) is 6.86. The molecule has 5 heteroatoms. The van der Waals surface area contributed by atoms with E-state index in [2.05, 4.69) is 10.6 Å². The average Bonchev–Trinajstić information content (AvgIpc) is 3.21. The van der Waals surface area contributed by atoms with Gasteiger partial charge in [0.1, 0.15) is 0 Å². The third-order valence-electron chi connectivity index (χ3n) is 3.47. The minimum atomic E-state index is -0.363. The molecule has 0 unspecified atom stereocenters. The zero-order valence-corrected chi connectivity index (χ0v) is 11.0. The Morgan fingerprint density at radius 1 is 1.26 bits per heavy atom. The molecule has 0 spiro atoms. The second-order valence-corrected chi connectivity index (χ2v) is 4.88. The number of amides is 2. The third-order valence-corrected chi connectivity index (χ3v) is 3.47. The highest BCUT2D eigenvalue weighted by Crippen LogP contribution is 2.45. The van der Waals surface area contributed by atoms with Crippen molar-refractivity contribution >= 4 is 17.5 Å². The second kappa shape index (κ2) is 5.40. The molecule has 1 aliphatic carbocycles. The molecule has 4 N–H and O–H groups in total. The average molecular weight is 261 g/mol. The smallest absolute Gasteiger partial charge is 0.251 e. The normalized spacial score (nSPS) is 15.7. The first-order chi connectivity index (χ1) is 9.11. The van der Waals surface area contributed by atoms with Crippen molar-refractivity contribution < 1.29 is 9.59 Å². The Labute approximate surface area is 112 Å². The standard InChI is InChI=1S/C14H19N3O2/c1-2-16-12(18)10-3-5-11(6-4-10)17-13(19)14(9-15)7-8-14/h3-6H,2,7-9,15H2,1H3,(H,16,18)(H,17,19). The van der Waals surface area contributed by atoms with Gasteiger partial charge >= 0.3 is 0 Å². The van der Waals surface area contributed by atoms with Crippen LogP contribution >= 0.6 is 0 Å². The van der Waals surface area contributed by atoms with Crippen molar-refractivity contribution in [2.75, 3.05) is 18.4 Å². The Morgan fingerprint density at radius 2 is 1.89 bits per heavy atom. The lowest BCUT2D eigenvalue weighted by molar-refractivity contribution is -0.120. The minimum absolute atomic E-state index is 0.0271. The van der Waals surface area contributed by atoms with Gasteiger partial charge in [-0.1, -0.05) is 0 Å². The van der Waals surface area contributed by atoms with Gasteiger partial charge < -0.3 is 16.4 Å². The molecule has 0 atom stereocenters. The summed E-state index contributed by atoms with van der Waals surface area (Å²) < 4.78 is 0. The maximum atomic E-state index is 12.0. The number of rotatable bonds is 5. The maximum Gasteiger partial charge on any atom is 0.251 e. The lowest BCUT2D eigenvalue weighted by Crippen LogP contribution is -2.30. The SMILES string of the molecule is CCNC(=O)c1ccc(NC(=O)C2(CN)CC2)cc1. The highest BCUT2D eigenvalue weighted by Gasteiger charge is 2.48. The van der Waals surface area contributed by atoms with E-state index in [0.717, 1.165) is 12.8 Å². The summed E-state index contributed by atoms with van der Waals surface area (Å²) in [5.74, 6) is -0.137. The van der Waals surface area contributed by atoms with Crippen molar-refractivity contribution in [2.45, 2.75) is 19.8 Å². The lowest BCUT2D eigenvalue weighted by atomic mass is 10.1. The summed E-state index contributed by atoms with van der Waals surface area (Å²) in [5.41, 5.74) is 6.52. The first kappa shape index (κ1) is 13.5. The molecule has 0 aliphatic heterocycles. The van der Waals surface area contributed by atoms with Gasteiger partial charge in [0.05, 0.1) is 5.41 Å². The molecule has 1 saturated carbocycles. The molecule has 5 nitrogen and oxygen atoms in total. The van der Waals surface area contributed by atoms with Crippen molar-refractivity contribution in [1.82, 2.24) is 5.32 Å². The highest BCUT2D eigenvalue weighted by atomic mass is 16.2. The number of anilines is 1. The van der Waals surface area contributed by atoms with Crippen LogP contribution in [0.3, 0.4) is 0 Å². The zero-order chi connectivity index (χ0) is 13.9. The molecule has 0 aromatic heterocycles. The van der Waals surface area contributed by atoms with Crippen LogP contribution < -0.4 is 16.4 Å². The van der Waals surface area contributed by atoms with E-state index in [1.165, 1.54) is 0 Å². The van der Waals surface area contributed by atoms with Gasteiger partial charge in [-0.2, -0.15) is 0 Å². The molecule has 2 amide bonds. The summed E-state index contributed by atoms with van der Waals surface area (Å²) >= 11 is 0. The van der Waals surface area contributed by atoms with Crippen molar-refractivity contribution in [3.63, 3.8) is 0 Å². The Kier molecular flexibility index (Phi) is 3.85. The summed E-state index contributed by atoms with van der Waals surface area (Å²) in [6.07, 6.45) is 1.71. The molecule has 0 bridgehead atoms. The van der Waals surface area contributed by atoms with E-state index < -0.39 is 0 Å². The van der Waals surface area contributed by atoms with Crippen LogP contribution in [0.15, 0.2) is 24.3 Å². The van der Waals surface area contributed by atoms with Crippen LogP contribution in [0.5, 0.6) is 0 Å². The summed E-state index contributed by atoms with van der Waals surface area (Å²) in [7, 11) is 0. The molecule has 1 aromatic carbocycles. The highest BCUT2D eigenvalue weighted by molar-refractivity contribution is 5.98. The van der Waals surface area contributed by atoms with E-state index in [0.29, 0.717) is 24.3 Å². The molecule has 0 heterocycles. The fourth-order valence-electron chi connectivity index (χ4n) is 1.91. The van der Waals surface area contributed by atoms with Gasteiger partial charge in [-0.3, -0.25) is 9.59 Å². The quantitative estimate of drug-likeness (QED) is 0.742. The van der Waals surface area contributed by atoms with Gasteiger partial charge in [-0.25, -0.2) is 0 Å². The molecule has 1 aliphatic rings. The maximum absolute atomic E-state index is 12.0. The van der Waals surface area contributed by atoms with Gasteiger partial charge in [0.2, 0.25) is 5.91 Å². The monoisotopic (exact) mass is 261 g/mol. The van der Waals surface area contributed by atoms with Crippen LogP contribution in [0.1, 0.15) is 30.1 Å². The Hall–Kier alpha value is -1.88.